The molecular formula is C9H15N3O2. The predicted octanol–water partition coefficient (Wildman–Crippen LogP) is -1.17. The van der Waals surface area contributed by atoms with E-state index in [0.29, 0.717) is 13.1 Å². The Morgan fingerprint density at radius 1 is 1.50 bits per heavy atom. The molecule has 78 valence electrons. The standard InChI is InChI=1S/C9H15N3O2/c10-9(2-1-3-9)8(14)12-5-4-11-7(13)6-12/h1-6,10H2,(H,11,13). The molecule has 3 N–H and O–H groups in total. The first kappa shape index (κ1) is 9.45. The Bertz CT molecular complexity index is 273. The summed E-state index contributed by atoms with van der Waals surface area (Å²) in [5.74, 6) is -0.147. The summed E-state index contributed by atoms with van der Waals surface area (Å²) in [5.41, 5.74) is 5.23. The molecule has 1 aliphatic heterocycles. The first-order chi connectivity index (χ1) is 6.62. The Morgan fingerprint density at radius 2 is 2.21 bits per heavy atom. The van der Waals surface area contributed by atoms with Crippen LogP contribution in [0.2, 0.25) is 0 Å². The molecule has 1 heterocycles. The molecule has 1 saturated heterocycles. The third kappa shape index (κ3) is 1.48. The van der Waals surface area contributed by atoms with Crippen LogP contribution in [-0.4, -0.2) is 41.9 Å². The molecule has 5 heteroatoms. The van der Waals surface area contributed by atoms with Crippen LogP contribution in [0.15, 0.2) is 0 Å². The maximum atomic E-state index is 11.9. The van der Waals surface area contributed by atoms with Crippen LogP contribution >= 0.6 is 0 Å². The van der Waals surface area contributed by atoms with Crippen LogP contribution in [0.4, 0.5) is 0 Å². The second-order valence-electron chi connectivity index (χ2n) is 4.09. The summed E-state index contributed by atoms with van der Waals surface area (Å²) >= 11 is 0. The lowest BCUT2D eigenvalue weighted by Gasteiger charge is -2.41. The summed E-state index contributed by atoms with van der Waals surface area (Å²) < 4.78 is 0. The van der Waals surface area contributed by atoms with Gasteiger partial charge in [0, 0.05) is 13.1 Å². The number of nitrogens with two attached hydrogens (primary N) is 1. The van der Waals surface area contributed by atoms with Gasteiger partial charge in [-0.15, -0.1) is 0 Å². The lowest BCUT2D eigenvalue weighted by atomic mass is 9.76. The van der Waals surface area contributed by atoms with E-state index < -0.39 is 5.54 Å². The predicted molar refractivity (Wildman–Crippen MR) is 50.4 cm³/mol. The van der Waals surface area contributed by atoms with Crippen LogP contribution in [0.1, 0.15) is 19.3 Å². The third-order valence-electron chi connectivity index (χ3n) is 3.00. The Labute approximate surface area is 82.6 Å². The fourth-order valence-electron chi connectivity index (χ4n) is 1.90. The van der Waals surface area contributed by atoms with Crippen LogP contribution < -0.4 is 11.1 Å². The van der Waals surface area contributed by atoms with Gasteiger partial charge in [-0.05, 0) is 19.3 Å². The minimum atomic E-state index is -0.669. The van der Waals surface area contributed by atoms with Crippen molar-refractivity contribution < 1.29 is 9.59 Å². The molecule has 2 rings (SSSR count). The van der Waals surface area contributed by atoms with E-state index in [9.17, 15) is 9.59 Å². The highest BCUT2D eigenvalue weighted by molar-refractivity contribution is 5.91. The zero-order chi connectivity index (χ0) is 10.2. The maximum absolute atomic E-state index is 11.9. The van der Waals surface area contributed by atoms with Crippen LogP contribution in [0, 0.1) is 0 Å². The average Bonchev–Trinajstić information content (AvgIpc) is 2.13. The second kappa shape index (κ2) is 3.24. The zero-order valence-electron chi connectivity index (χ0n) is 8.08. The van der Waals surface area contributed by atoms with Crippen molar-refractivity contribution in [3.63, 3.8) is 0 Å². The fraction of sp³-hybridized carbons (Fsp3) is 0.778. The van der Waals surface area contributed by atoms with E-state index in [1.165, 1.54) is 0 Å². The van der Waals surface area contributed by atoms with Gasteiger partial charge < -0.3 is 16.0 Å². The van der Waals surface area contributed by atoms with Crippen LogP contribution in [0.3, 0.4) is 0 Å². The number of hydrogen-bond donors (Lipinski definition) is 2. The Morgan fingerprint density at radius 3 is 2.71 bits per heavy atom. The van der Waals surface area contributed by atoms with Gasteiger partial charge in [0.05, 0.1) is 12.1 Å². The Hall–Kier alpha value is -1.10. The van der Waals surface area contributed by atoms with Crippen molar-refractivity contribution in [1.82, 2.24) is 10.2 Å². The first-order valence-corrected chi connectivity index (χ1v) is 4.97. The number of carbonyl (C=O) groups excluding carboxylic acids is 2. The molecule has 0 atom stereocenters. The molecule has 0 aromatic heterocycles. The molecule has 2 fully saturated rings. The zero-order valence-corrected chi connectivity index (χ0v) is 8.08. The number of carbonyl (C=O) groups is 2. The Balaban J connectivity index is 2.00. The molecule has 0 unspecified atom stereocenters. The van der Waals surface area contributed by atoms with E-state index in [-0.39, 0.29) is 18.4 Å². The van der Waals surface area contributed by atoms with Gasteiger partial charge in [0.2, 0.25) is 11.8 Å². The van der Waals surface area contributed by atoms with E-state index in [1.807, 2.05) is 0 Å². The lowest BCUT2D eigenvalue weighted by molar-refractivity contribution is -0.145. The second-order valence-corrected chi connectivity index (χ2v) is 4.09. The number of hydrogen-bond acceptors (Lipinski definition) is 3. The lowest BCUT2D eigenvalue weighted by Crippen LogP contribution is -2.63. The van der Waals surface area contributed by atoms with Crippen molar-refractivity contribution in [1.29, 1.82) is 0 Å². The van der Waals surface area contributed by atoms with E-state index in [2.05, 4.69) is 5.32 Å². The van der Waals surface area contributed by atoms with Gasteiger partial charge in [0.25, 0.3) is 0 Å². The SMILES string of the molecule is NC1(C(=O)N2CCNC(=O)C2)CCC1. The summed E-state index contributed by atoms with van der Waals surface area (Å²) in [6.45, 7) is 1.29. The van der Waals surface area contributed by atoms with Gasteiger partial charge in [-0.3, -0.25) is 9.59 Å². The first-order valence-electron chi connectivity index (χ1n) is 4.97. The van der Waals surface area contributed by atoms with Crippen molar-refractivity contribution in [2.75, 3.05) is 19.6 Å². The molecule has 2 amide bonds. The van der Waals surface area contributed by atoms with E-state index in [0.717, 1.165) is 19.3 Å². The summed E-state index contributed by atoms with van der Waals surface area (Å²) in [5, 5.41) is 2.68. The summed E-state index contributed by atoms with van der Waals surface area (Å²) in [6, 6.07) is 0. The molecular weight excluding hydrogens is 182 g/mol. The molecule has 0 spiro atoms. The van der Waals surface area contributed by atoms with Crippen molar-refractivity contribution in [3.05, 3.63) is 0 Å². The smallest absolute Gasteiger partial charge is 0.243 e. The van der Waals surface area contributed by atoms with Crippen LogP contribution in [0.5, 0.6) is 0 Å². The van der Waals surface area contributed by atoms with Gasteiger partial charge in [0.1, 0.15) is 0 Å². The highest BCUT2D eigenvalue weighted by Crippen LogP contribution is 2.30. The average molecular weight is 197 g/mol. The van der Waals surface area contributed by atoms with Gasteiger partial charge >= 0.3 is 0 Å². The van der Waals surface area contributed by atoms with Crippen molar-refractivity contribution >= 4 is 11.8 Å². The normalized spacial score (nSPS) is 25.2. The summed E-state index contributed by atoms with van der Waals surface area (Å²) in [6.07, 6.45) is 2.52. The molecule has 1 saturated carbocycles. The number of rotatable bonds is 1. The fourth-order valence-corrected chi connectivity index (χ4v) is 1.90. The van der Waals surface area contributed by atoms with E-state index in [1.54, 1.807) is 4.90 Å². The molecule has 1 aliphatic carbocycles. The molecule has 0 radical (unpaired) electrons. The highest BCUT2D eigenvalue weighted by Gasteiger charge is 2.43. The highest BCUT2D eigenvalue weighted by atomic mass is 16.2. The molecule has 2 aliphatic rings. The number of nitrogens with one attached hydrogen (secondary N) is 1. The number of nitrogens with zero attached hydrogens (tertiary/aromatic N) is 1. The van der Waals surface area contributed by atoms with Crippen LogP contribution in [0.25, 0.3) is 0 Å². The van der Waals surface area contributed by atoms with Gasteiger partial charge in [-0.2, -0.15) is 0 Å². The monoisotopic (exact) mass is 197 g/mol. The largest absolute Gasteiger partial charge is 0.353 e. The van der Waals surface area contributed by atoms with Gasteiger partial charge in [-0.25, -0.2) is 0 Å². The summed E-state index contributed by atoms with van der Waals surface area (Å²) in [7, 11) is 0. The van der Waals surface area contributed by atoms with Gasteiger partial charge in [-0.1, -0.05) is 0 Å². The quantitative estimate of drug-likeness (QED) is 0.556. The van der Waals surface area contributed by atoms with Crippen LogP contribution in [-0.2, 0) is 9.59 Å². The third-order valence-corrected chi connectivity index (χ3v) is 3.00. The van der Waals surface area contributed by atoms with E-state index in [4.69, 9.17) is 5.73 Å². The maximum Gasteiger partial charge on any atom is 0.243 e. The van der Waals surface area contributed by atoms with Crippen molar-refractivity contribution in [3.8, 4) is 0 Å². The van der Waals surface area contributed by atoms with Gasteiger partial charge in [0.15, 0.2) is 0 Å². The molecule has 0 aromatic carbocycles. The number of amides is 2. The summed E-state index contributed by atoms with van der Waals surface area (Å²) in [4.78, 5) is 24.5. The molecule has 14 heavy (non-hydrogen) atoms. The molecule has 0 bridgehead atoms. The van der Waals surface area contributed by atoms with Crippen molar-refractivity contribution in [2.45, 2.75) is 24.8 Å². The number of piperazine rings is 1. The minimum absolute atomic E-state index is 0.0569. The molecule has 5 nitrogen and oxygen atoms in total. The Kier molecular flexibility index (Phi) is 2.19. The van der Waals surface area contributed by atoms with E-state index >= 15 is 0 Å². The molecule has 0 aromatic rings. The topological polar surface area (TPSA) is 75.4 Å². The minimum Gasteiger partial charge on any atom is -0.353 e. The van der Waals surface area contributed by atoms with Crippen molar-refractivity contribution in [2.24, 2.45) is 5.73 Å².